The molecule has 7 rings (SSSR count). The van der Waals surface area contributed by atoms with E-state index in [1.807, 2.05) is 0 Å². The molecule has 212 valence electrons. The number of alkyl halides is 3. The highest BCUT2D eigenvalue weighted by molar-refractivity contribution is 6.07. The molecule has 0 unspecified atom stereocenters. The molecule has 8 nitrogen and oxygen atoms in total. The van der Waals surface area contributed by atoms with Gasteiger partial charge in [0.15, 0.2) is 11.6 Å². The van der Waals surface area contributed by atoms with E-state index in [4.69, 9.17) is 0 Å². The third-order valence-corrected chi connectivity index (χ3v) is 7.42. The lowest BCUT2D eigenvalue weighted by molar-refractivity contribution is -0.137. The molecule has 2 aliphatic rings. The topological polar surface area (TPSA) is 147 Å². The van der Waals surface area contributed by atoms with Crippen LogP contribution in [0, 0.1) is 62.8 Å². The van der Waals surface area contributed by atoms with Gasteiger partial charge in [0.2, 0.25) is 0 Å². The standard InChI is InChI=1S/C31H6F6N8/c32-14-2-4-16-18(6-14)20(12(9-40)10-41)26-24(16)43-28-21(33)27-29(22(34)30(28)45-26)44-25-19(11(7-38)8-39)17-5-13(31(35,36)37)1-3-15(17)23(25)42-27/h1-6H. The average Bonchev–Trinajstić information content (AvgIpc) is 3.50. The summed E-state index contributed by atoms with van der Waals surface area (Å²) in [4.78, 5) is 16.8. The predicted molar refractivity (Wildman–Crippen MR) is 143 cm³/mol. The first kappa shape index (κ1) is 27.2. The molecule has 2 aliphatic carbocycles. The van der Waals surface area contributed by atoms with Crippen LogP contribution in [0.3, 0.4) is 0 Å². The van der Waals surface area contributed by atoms with E-state index >= 15 is 8.78 Å². The van der Waals surface area contributed by atoms with Crippen molar-refractivity contribution in [3.63, 3.8) is 0 Å². The Morgan fingerprint density at radius 1 is 0.533 bits per heavy atom. The second kappa shape index (κ2) is 9.18. The van der Waals surface area contributed by atoms with Gasteiger partial charge in [0.1, 0.15) is 74.7 Å². The van der Waals surface area contributed by atoms with Crippen LogP contribution >= 0.6 is 0 Å². The van der Waals surface area contributed by atoms with Crippen LogP contribution in [0.2, 0.25) is 0 Å². The third-order valence-electron chi connectivity index (χ3n) is 7.42. The molecule has 0 amide bonds. The Bertz CT molecular complexity index is 2470. The molecule has 0 radical (unpaired) electrons. The van der Waals surface area contributed by atoms with E-state index in [1.165, 1.54) is 6.07 Å². The maximum absolute atomic E-state index is 16.2. The lowest BCUT2D eigenvalue weighted by atomic mass is 9.99. The number of rotatable bonds is 0. The number of benzene rings is 3. The van der Waals surface area contributed by atoms with Crippen molar-refractivity contribution in [2.24, 2.45) is 0 Å². The predicted octanol–water partition coefficient (Wildman–Crippen LogP) is 6.67. The van der Waals surface area contributed by atoms with Gasteiger partial charge in [-0.05, 0) is 41.5 Å². The lowest BCUT2D eigenvalue weighted by Crippen LogP contribution is -2.05. The normalized spacial score (nSPS) is 12.5. The van der Waals surface area contributed by atoms with Crippen molar-refractivity contribution in [3.05, 3.63) is 93.1 Å². The second-order valence-electron chi connectivity index (χ2n) is 9.76. The fourth-order valence-corrected chi connectivity index (χ4v) is 5.53. The Hall–Kier alpha value is -6.64. The van der Waals surface area contributed by atoms with E-state index in [0.29, 0.717) is 6.07 Å². The molecule has 0 spiro atoms. The molecule has 2 aromatic heterocycles. The van der Waals surface area contributed by atoms with Crippen LogP contribution in [0.5, 0.6) is 0 Å². The fourth-order valence-electron chi connectivity index (χ4n) is 5.53. The van der Waals surface area contributed by atoms with Gasteiger partial charge in [0.25, 0.3) is 0 Å². The van der Waals surface area contributed by atoms with Crippen LogP contribution in [-0.4, -0.2) is 19.9 Å². The first-order valence-electron chi connectivity index (χ1n) is 12.5. The summed E-state index contributed by atoms with van der Waals surface area (Å²) in [7, 11) is 0. The molecule has 45 heavy (non-hydrogen) atoms. The van der Waals surface area contributed by atoms with Gasteiger partial charge in [0.05, 0.1) is 17.0 Å². The smallest absolute Gasteiger partial charge is 0.241 e. The molecule has 0 saturated carbocycles. The van der Waals surface area contributed by atoms with E-state index in [1.54, 1.807) is 24.3 Å². The second-order valence-corrected chi connectivity index (χ2v) is 9.76. The van der Waals surface area contributed by atoms with E-state index in [0.717, 1.165) is 24.3 Å². The minimum Gasteiger partial charge on any atom is -0.241 e. The zero-order chi connectivity index (χ0) is 31.9. The summed E-state index contributed by atoms with van der Waals surface area (Å²) >= 11 is 0. The maximum atomic E-state index is 16.2. The molecule has 0 N–H and O–H groups in total. The summed E-state index contributed by atoms with van der Waals surface area (Å²) in [5, 5.41) is 38.3. The van der Waals surface area contributed by atoms with Crippen LogP contribution in [0.4, 0.5) is 26.3 Å². The van der Waals surface area contributed by atoms with Crippen molar-refractivity contribution in [3.8, 4) is 46.8 Å². The first-order valence-corrected chi connectivity index (χ1v) is 12.5. The van der Waals surface area contributed by atoms with Crippen molar-refractivity contribution in [1.82, 2.24) is 19.9 Å². The minimum atomic E-state index is -4.79. The van der Waals surface area contributed by atoms with Crippen LogP contribution in [0.15, 0.2) is 47.5 Å². The maximum Gasteiger partial charge on any atom is 0.416 e. The van der Waals surface area contributed by atoms with Crippen molar-refractivity contribution in [2.45, 2.75) is 6.18 Å². The number of halogens is 6. The number of aromatic nitrogens is 4. The summed E-state index contributed by atoms with van der Waals surface area (Å²) in [6, 6.07) is 12.4. The minimum absolute atomic E-state index is 0.00314. The van der Waals surface area contributed by atoms with Gasteiger partial charge in [-0.15, -0.1) is 0 Å². The molecule has 0 atom stereocenters. The summed E-state index contributed by atoms with van der Waals surface area (Å²) in [6.07, 6.45) is -4.79. The van der Waals surface area contributed by atoms with Crippen LogP contribution in [0.1, 0.15) is 28.1 Å². The molecule has 0 saturated heterocycles. The molecule has 2 heterocycles. The molecule has 0 aliphatic heterocycles. The Labute approximate surface area is 246 Å². The van der Waals surface area contributed by atoms with Crippen molar-refractivity contribution in [1.29, 1.82) is 21.0 Å². The average molecular weight is 604 g/mol. The SMILES string of the molecule is N#CC(C#N)=C1c2cc(F)ccc2-c2nc3c(F)c4nc5c(nc4c(F)c3nc21)C(=C(C#N)C#N)c1cc(C(F)(F)F)ccc1-5. The van der Waals surface area contributed by atoms with E-state index in [-0.39, 0.29) is 56.2 Å². The first-order chi connectivity index (χ1) is 21.5. The summed E-state index contributed by atoms with van der Waals surface area (Å²) in [5.74, 6) is -3.20. The van der Waals surface area contributed by atoms with Gasteiger partial charge in [0, 0.05) is 22.3 Å². The van der Waals surface area contributed by atoms with Crippen molar-refractivity contribution >= 4 is 33.2 Å². The molecule has 0 bridgehead atoms. The number of fused-ring (bicyclic) bond motifs is 8. The highest BCUT2D eigenvalue weighted by Crippen LogP contribution is 2.48. The molecular weight excluding hydrogens is 598 g/mol. The Morgan fingerprint density at radius 2 is 0.933 bits per heavy atom. The Kier molecular flexibility index (Phi) is 5.55. The summed E-state index contributed by atoms with van der Waals surface area (Å²) in [5.41, 5.74) is -6.22. The van der Waals surface area contributed by atoms with E-state index in [9.17, 15) is 38.6 Å². The van der Waals surface area contributed by atoms with Crippen LogP contribution in [0.25, 0.3) is 55.7 Å². The Balaban J connectivity index is 1.58. The largest absolute Gasteiger partial charge is 0.416 e. The summed E-state index contributed by atoms with van der Waals surface area (Å²) in [6.45, 7) is 0. The van der Waals surface area contributed by atoms with E-state index in [2.05, 4.69) is 19.9 Å². The monoisotopic (exact) mass is 604 g/mol. The van der Waals surface area contributed by atoms with Gasteiger partial charge in [-0.3, -0.25) is 0 Å². The number of hydrogen-bond acceptors (Lipinski definition) is 8. The Morgan fingerprint density at radius 3 is 1.36 bits per heavy atom. The molecule has 14 heteroatoms. The number of hydrogen-bond donors (Lipinski definition) is 0. The third kappa shape index (κ3) is 3.64. The molecule has 0 fully saturated rings. The van der Waals surface area contributed by atoms with Gasteiger partial charge in [-0.2, -0.15) is 34.2 Å². The molecule has 5 aromatic rings. The van der Waals surface area contributed by atoms with E-state index < -0.39 is 62.4 Å². The van der Waals surface area contributed by atoms with Gasteiger partial charge in [-0.1, -0.05) is 6.07 Å². The van der Waals surface area contributed by atoms with Gasteiger partial charge < -0.3 is 0 Å². The fraction of sp³-hybridized carbons (Fsp3) is 0.0323. The number of nitriles is 4. The van der Waals surface area contributed by atoms with Crippen molar-refractivity contribution < 1.29 is 26.3 Å². The van der Waals surface area contributed by atoms with Crippen LogP contribution < -0.4 is 0 Å². The zero-order valence-corrected chi connectivity index (χ0v) is 21.8. The highest BCUT2D eigenvalue weighted by Gasteiger charge is 2.37. The van der Waals surface area contributed by atoms with Crippen molar-refractivity contribution in [2.75, 3.05) is 0 Å². The zero-order valence-electron chi connectivity index (χ0n) is 21.8. The number of nitrogens with zero attached hydrogens (tertiary/aromatic N) is 8. The highest BCUT2D eigenvalue weighted by atomic mass is 19.4. The molecule has 3 aromatic carbocycles. The molecular formula is C31H6F6N8. The summed E-state index contributed by atoms with van der Waals surface area (Å²) < 4.78 is 87.3. The van der Waals surface area contributed by atoms with Gasteiger partial charge in [-0.25, -0.2) is 33.1 Å². The van der Waals surface area contributed by atoms with Gasteiger partial charge >= 0.3 is 6.18 Å². The van der Waals surface area contributed by atoms with Crippen LogP contribution in [-0.2, 0) is 6.18 Å². The number of allylic oxidation sites excluding steroid dienone is 2. The lowest BCUT2D eigenvalue weighted by Gasteiger charge is -2.10. The quantitative estimate of drug-likeness (QED) is 0.106.